The number of hydrogen-bond donors (Lipinski definition) is 0. The molecule has 0 aliphatic carbocycles. The number of carbonyl (C=O) groups is 1. The smallest absolute Gasteiger partial charge is 0.305 e. The van der Waals surface area contributed by atoms with E-state index in [4.69, 9.17) is 9.47 Å². The van der Waals surface area contributed by atoms with Crippen LogP contribution in [0.4, 0.5) is 0 Å². The summed E-state index contributed by atoms with van der Waals surface area (Å²) < 4.78 is 10.4. The lowest BCUT2D eigenvalue weighted by atomic mass is 9.86. The molecular weight excluding hydrogens is 364 g/mol. The van der Waals surface area contributed by atoms with E-state index < -0.39 is 0 Å². The molecule has 0 saturated carbocycles. The van der Waals surface area contributed by atoms with Crippen molar-refractivity contribution >= 4 is 16.7 Å². The summed E-state index contributed by atoms with van der Waals surface area (Å²) in [6.07, 6.45) is 2.55. The van der Waals surface area contributed by atoms with Gasteiger partial charge in [-0.2, -0.15) is 0 Å². The normalized spacial score (nSPS) is 23.9. The molecule has 156 valence electrons. The summed E-state index contributed by atoms with van der Waals surface area (Å²) in [6.45, 7) is 6.75. The average molecular weight is 397 g/mol. The zero-order valence-electron chi connectivity index (χ0n) is 17.4. The Labute approximate surface area is 173 Å². The molecule has 2 saturated heterocycles. The molecule has 29 heavy (non-hydrogen) atoms. The van der Waals surface area contributed by atoms with Gasteiger partial charge in [-0.3, -0.25) is 14.6 Å². The van der Waals surface area contributed by atoms with Gasteiger partial charge in [-0.25, -0.2) is 0 Å². The van der Waals surface area contributed by atoms with Crippen molar-refractivity contribution < 1.29 is 14.3 Å². The van der Waals surface area contributed by atoms with Crippen molar-refractivity contribution in [3.05, 3.63) is 48.0 Å². The Morgan fingerprint density at radius 2 is 1.90 bits per heavy atom. The number of esters is 1. The number of ether oxygens (including phenoxy) is 2. The molecule has 0 amide bonds. The molecule has 0 radical (unpaired) electrons. The number of nitrogens with zero attached hydrogens (tertiary/aromatic N) is 2. The maximum absolute atomic E-state index is 11.8. The predicted molar refractivity (Wildman–Crippen MR) is 115 cm³/mol. The van der Waals surface area contributed by atoms with Crippen molar-refractivity contribution in [1.29, 1.82) is 0 Å². The van der Waals surface area contributed by atoms with Crippen molar-refractivity contribution in [1.82, 2.24) is 9.80 Å². The van der Waals surface area contributed by atoms with Crippen LogP contribution in [0, 0.1) is 5.92 Å². The molecule has 0 spiro atoms. The van der Waals surface area contributed by atoms with Crippen LogP contribution in [0.5, 0.6) is 0 Å². The van der Waals surface area contributed by atoms with Gasteiger partial charge in [0.15, 0.2) is 0 Å². The summed E-state index contributed by atoms with van der Waals surface area (Å²) in [7, 11) is 1.48. The van der Waals surface area contributed by atoms with Gasteiger partial charge in [0.1, 0.15) is 0 Å². The summed E-state index contributed by atoms with van der Waals surface area (Å²) in [5, 5.41) is 2.59. The Morgan fingerprint density at radius 1 is 1.10 bits per heavy atom. The lowest BCUT2D eigenvalue weighted by Gasteiger charge is -2.45. The quantitative estimate of drug-likeness (QED) is 0.701. The van der Waals surface area contributed by atoms with Crippen LogP contribution < -0.4 is 0 Å². The summed E-state index contributed by atoms with van der Waals surface area (Å²) in [5.41, 5.74) is 1.36. The van der Waals surface area contributed by atoms with E-state index in [1.54, 1.807) is 0 Å². The summed E-state index contributed by atoms with van der Waals surface area (Å²) >= 11 is 0. The van der Waals surface area contributed by atoms with Crippen molar-refractivity contribution in [2.24, 2.45) is 5.92 Å². The van der Waals surface area contributed by atoms with Gasteiger partial charge >= 0.3 is 5.97 Å². The topological polar surface area (TPSA) is 42.0 Å². The van der Waals surface area contributed by atoms with Gasteiger partial charge < -0.3 is 9.47 Å². The van der Waals surface area contributed by atoms with Gasteiger partial charge in [0.05, 0.1) is 20.3 Å². The summed E-state index contributed by atoms with van der Waals surface area (Å²) in [5.74, 6) is 0.388. The molecule has 0 aromatic heterocycles. The van der Waals surface area contributed by atoms with Crippen LogP contribution in [-0.2, 0) is 20.8 Å². The molecule has 2 atom stereocenters. The zero-order valence-corrected chi connectivity index (χ0v) is 17.4. The highest BCUT2D eigenvalue weighted by Gasteiger charge is 2.34. The van der Waals surface area contributed by atoms with E-state index in [0.717, 1.165) is 58.8 Å². The van der Waals surface area contributed by atoms with Crippen LogP contribution in [0.25, 0.3) is 10.8 Å². The number of hydrogen-bond acceptors (Lipinski definition) is 5. The third-order valence-electron chi connectivity index (χ3n) is 6.46. The highest BCUT2D eigenvalue weighted by molar-refractivity contribution is 5.82. The molecule has 2 heterocycles. The number of fused-ring (bicyclic) bond motifs is 1. The molecule has 2 aliphatic rings. The Hall–Kier alpha value is -1.95. The number of rotatable bonds is 6. The van der Waals surface area contributed by atoms with Crippen LogP contribution in [0.15, 0.2) is 42.5 Å². The minimum atomic E-state index is -0.0996. The first-order chi connectivity index (χ1) is 14.2. The van der Waals surface area contributed by atoms with Crippen molar-refractivity contribution in [3.8, 4) is 0 Å². The second kappa shape index (κ2) is 9.70. The molecule has 5 nitrogen and oxygen atoms in total. The molecule has 2 fully saturated rings. The van der Waals surface area contributed by atoms with Crippen molar-refractivity contribution in [3.63, 3.8) is 0 Å². The van der Waals surface area contributed by atoms with E-state index in [1.165, 1.54) is 23.4 Å². The molecule has 2 aromatic rings. The fraction of sp³-hybridized carbons (Fsp3) is 0.542. The molecule has 0 bridgehead atoms. The third kappa shape index (κ3) is 5.16. The molecular formula is C24H32N2O3. The van der Waals surface area contributed by atoms with Crippen LogP contribution in [0.2, 0.25) is 0 Å². The SMILES string of the molecule is COC(=O)CC[C@@H]1CN(Cc2ccc3ccccc3c2)CC[C@@H]1N1CCOCC1. The summed E-state index contributed by atoms with van der Waals surface area (Å²) in [4.78, 5) is 16.9. The van der Waals surface area contributed by atoms with Gasteiger partial charge in [0, 0.05) is 38.6 Å². The first-order valence-electron chi connectivity index (χ1n) is 10.8. The molecule has 4 rings (SSSR count). The Morgan fingerprint density at radius 3 is 2.69 bits per heavy atom. The molecule has 5 heteroatoms. The largest absolute Gasteiger partial charge is 0.469 e. The monoisotopic (exact) mass is 396 g/mol. The lowest BCUT2D eigenvalue weighted by molar-refractivity contribution is -0.141. The third-order valence-corrected chi connectivity index (χ3v) is 6.46. The maximum atomic E-state index is 11.8. The van der Waals surface area contributed by atoms with E-state index in [-0.39, 0.29) is 5.97 Å². The highest BCUT2D eigenvalue weighted by atomic mass is 16.5. The minimum Gasteiger partial charge on any atom is -0.469 e. The highest BCUT2D eigenvalue weighted by Crippen LogP contribution is 2.28. The van der Waals surface area contributed by atoms with E-state index in [1.807, 2.05) is 0 Å². The molecule has 0 unspecified atom stereocenters. The second-order valence-corrected chi connectivity index (χ2v) is 8.30. The maximum Gasteiger partial charge on any atom is 0.305 e. The number of piperidine rings is 1. The number of likely N-dealkylation sites (tertiary alicyclic amines) is 1. The van der Waals surface area contributed by atoms with E-state index >= 15 is 0 Å². The standard InChI is InChI=1S/C24H32N2O3/c1-28-24(27)9-8-22-18-25(11-10-23(22)26-12-14-29-15-13-26)17-19-6-7-20-4-2-3-5-21(20)16-19/h2-7,16,22-23H,8-15,17-18H2,1H3/t22-,23+/m1/s1. The molecule has 0 N–H and O–H groups in total. The van der Waals surface area contributed by atoms with Crippen LogP contribution in [0.1, 0.15) is 24.8 Å². The van der Waals surface area contributed by atoms with Gasteiger partial charge in [0.2, 0.25) is 0 Å². The van der Waals surface area contributed by atoms with Crippen LogP contribution in [-0.4, -0.2) is 68.3 Å². The van der Waals surface area contributed by atoms with Crippen molar-refractivity contribution in [2.75, 3.05) is 46.5 Å². The Kier molecular flexibility index (Phi) is 6.80. The van der Waals surface area contributed by atoms with Gasteiger partial charge in [-0.05, 0) is 47.7 Å². The molecule has 2 aromatic carbocycles. The predicted octanol–water partition coefficient (Wildman–Crippen LogP) is 3.32. The lowest BCUT2D eigenvalue weighted by Crippen LogP contribution is -2.53. The van der Waals surface area contributed by atoms with Crippen LogP contribution in [0.3, 0.4) is 0 Å². The number of carbonyl (C=O) groups excluding carboxylic acids is 1. The van der Waals surface area contributed by atoms with Crippen LogP contribution >= 0.6 is 0 Å². The minimum absolute atomic E-state index is 0.0996. The van der Waals surface area contributed by atoms with E-state index in [9.17, 15) is 4.79 Å². The zero-order chi connectivity index (χ0) is 20.1. The first kappa shape index (κ1) is 20.3. The summed E-state index contributed by atoms with van der Waals surface area (Å²) in [6, 6.07) is 15.9. The van der Waals surface area contributed by atoms with Gasteiger partial charge in [0.25, 0.3) is 0 Å². The second-order valence-electron chi connectivity index (χ2n) is 8.30. The first-order valence-corrected chi connectivity index (χ1v) is 10.8. The Bertz CT molecular complexity index is 819. The van der Waals surface area contributed by atoms with E-state index in [0.29, 0.717) is 18.4 Å². The number of methoxy groups -OCH3 is 1. The van der Waals surface area contributed by atoms with E-state index in [2.05, 4.69) is 52.3 Å². The van der Waals surface area contributed by atoms with Crippen molar-refractivity contribution in [2.45, 2.75) is 31.8 Å². The van der Waals surface area contributed by atoms with Gasteiger partial charge in [-0.1, -0.05) is 36.4 Å². The number of morpholine rings is 1. The number of benzene rings is 2. The average Bonchev–Trinajstić information content (AvgIpc) is 2.78. The molecule has 2 aliphatic heterocycles. The van der Waals surface area contributed by atoms with Gasteiger partial charge in [-0.15, -0.1) is 0 Å². The Balaban J connectivity index is 1.43. The fourth-order valence-corrected chi connectivity index (χ4v) is 4.91. The fourth-order valence-electron chi connectivity index (χ4n) is 4.91.